The molecule has 1 aromatic heterocycles. The van der Waals surface area contributed by atoms with E-state index in [2.05, 4.69) is 50.3 Å². The van der Waals surface area contributed by atoms with Crippen molar-refractivity contribution in [2.75, 3.05) is 67.6 Å². The van der Waals surface area contributed by atoms with Gasteiger partial charge in [0, 0.05) is 56.3 Å². The number of halogens is 2. The van der Waals surface area contributed by atoms with Gasteiger partial charge >= 0.3 is 0 Å². The van der Waals surface area contributed by atoms with Crippen molar-refractivity contribution >= 4 is 23.0 Å². The van der Waals surface area contributed by atoms with Gasteiger partial charge in [-0.25, -0.2) is 13.5 Å². The van der Waals surface area contributed by atoms with E-state index in [4.69, 9.17) is 4.74 Å². The number of benzene rings is 2. The van der Waals surface area contributed by atoms with E-state index >= 15 is 0 Å². The summed E-state index contributed by atoms with van der Waals surface area (Å²) < 4.78 is 34.9. The lowest BCUT2D eigenvalue weighted by molar-refractivity contribution is -0.0660. The lowest BCUT2D eigenvalue weighted by Gasteiger charge is -2.43. The monoisotopic (exact) mass is 495 g/mol. The SMILES string of the molecule is Cc1cc(Nc2ncn(-c3cc(F)cc(N4CCC(F)C4)c3)n2)cc(N2CCN(C3COC3)CC2)c1. The van der Waals surface area contributed by atoms with Gasteiger partial charge in [0.15, 0.2) is 0 Å². The van der Waals surface area contributed by atoms with Crippen LogP contribution in [0.2, 0.25) is 0 Å². The molecule has 0 aliphatic carbocycles. The van der Waals surface area contributed by atoms with Gasteiger partial charge < -0.3 is 19.9 Å². The molecular formula is C26H31F2N7O. The minimum atomic E-state index is -0.876. The molecule has 0 spiro atoms. The highest BCUT2D eigenvalue weighted by atomic mass is 19.1. The molecule has 10 heteroatoms. The standard InChI is InChI=1S/C26H31F2N7O/c1-18-8-21(12-22(9-18)32-4-6-33(7-5-32)25-15-36-16-25)30-26-29-17-35(31-26)24-11-20(28)10-23(13-24)34-3-2-19(27)14-34/h8-13,17,19,25H,2-7,14-16H2,1H3,(H,30,31). The molecule has 190 valence electrons. The Balaban J connectivity index is 1.16. The average molecular weight is 496 g/mol. The van der Waals surface area contributed by atoms with E-state index < -0.39 is 6.17 Å². The molecule has 3 saturated heterocycles. The van der Waals surface area contributed by atoms with Gasteiger partial charge in [0.25, 0.3) is 0 Å². The lowest BCUT2D eigenvalue weighted by atomic mass is 10.1. The van der Waals surface area contributed by atoms with Crippen molar-refractivity contribution in [2.45, 2.75) is 25.6 Å². The maximum Gasteiger partial charge on any atom is 0.246 e. The molecule has 3 aromatic rings. The highest BCUT2D eigenvalue weighted by Crippen LogP contribution is 2.28. The summed E-state index contributed by atoms with van der Waals surface area (Å²) in [5, 5.41) is 7.82. The van der Waals surface area contributed by atoms with Crippen molar-refractivity contribution in [2.24, 2.45) is 0 Å². The molecule has 2 aromatic carbocycles. The number of ether oxygens (including phenoxy) is 1. The Bertz CT molecular complexity index is 1220. The predicted octanol–water partition coefficient (Wildman–Crippen LogP) is 3.53. The van der Waals surface area contributed by atoms with Crippen LogP contribution < -0.4 is 15.1 Å². The van der Waals surface area contributed by atoms with E-state index in [0.29, 0.717) is 36.3 Å². The Kier molecular flexibility index (Phi) is 6.22. The molecule has 3 fully saturated rings. The van der Waals surface area contributed by atoms with Crippen LogP contribution in [-0.2, 0) is 4.74 Å². The normalized spacial score (nSPS) is 21.1. The van der Waals surface area contributed by atoms with Gasteiger partial charge in [-0.05, 0) is 55.3 Å². The number of aryl methyl sites for hydroxylation is 1. The molecule has 1 atom stereocenters. The van der Waals surface area contributed by atoms with E-state index in [0.717, 1.165) is 50.6 Å². The number of aromatic nitrogens is 3. The zero-order valence-electron chi connectivity index (χ0n) is 20.4. The summed E-state index contributed by atoms with van der Waals surface area (Å²) in [7, 11) is 0. The molecule has 0 bridgehead atoms. The number of hydrogen-bond acceptors (Lipinski definition) is 7. The largest absolute Gasteiger partial charge is 0.378 e. The summed E-state index contributed by atoms with van der Waals surface area (Å²) in [6.07, 6.45) is 1.15. The van der Waals surface area contributed by atoms with Crippen molar-refractivity contribution in [1.29, 1.82) is 0 Å². The molecule has 0 saturated carbocycles. The fourth-order valence-electron chi connectivity index (χ4n) is 5.20. The second-order valence-electron chi connectivity index (χ2n) is 9.91. The molecule has 0 radical (unpaired) electrons. The van der Waals surface area contributed by atoms with Gasteiger partial charge in [-0.2, -0.15) is 4.98 Å². The fourth-order valence-corrected chi connectivity index (χ4v) is 5.20. The minimum absolute atomic E-state index is 0.285. The number of anilines is 4. The van der Waals surface area contributed by atoms with Crippen LogP contribution in [0.25, 0.3) is 5.69 Å². The van der Waals surface area contributed by atoms with Crippen LogP contribution >= 0.6 is 0 Å². The smallest absolute Gasteiger partial charge is 0.246 e. The summed E-state index contributed by atoms with van der Waals surface area (Å²) in [5.41, 5.74) is 4.43. The van der Waals surface area contributed by atoms with Gasteiger partial charge in [0.05, 0.1) is 24.9 Å². The number of nitrogens with zero attached hydrogens (tertiary/aromatic N) is 6. The van der Waals surface area contributed by atoms with Gasteiger partial charge in [0.1, 0.15) is 18.3 Å². The van der Waals surface area contributed by atoms with Crippen molar-refractivity contribution in [3.8, 4) is 5.69 Å². The summed E-state index contributed by atoms with van der Waals surface area (Å²) in [6.45, 7) is 8.68. The molecular weight excluding hydrogens is 464 g/mol. The molecule has 1 N–H and O–H groups in total. The summed E-state index contributed by atoms with van der Waals surface area (Å²) in [6, 6.07) is 11.6. The van der Waals surface area contributed by atoms with Gasteiger partial charge in [-0.15, -0.1) is 5.10 Å². The molecule has 1 unspecified atom stereocenters. The molecule has 0 amide bonds. The van der Waals surface area contributed by atoms with Crippen LogP contribution in [0.4, 0.5) is 31.8 Å². The van der Waals surface area contributed by atoms with Gasteiger partial charge in [0.2, 0.25) is 5.95 Å². The predicted molar refractivity (Wildman–Crippen MR) is 136 cm³/mol. The second kappa shape index (κ2) is 9.67. The zero-order chi connectivity index (χ0) is 24.6. The Morgan fingerprint density at radius 1 is 0.917 bits per heavy atom. The zero-order valence-corrected chi connectivity index (χ0v) is 20.4. The highest BCUT2D eigenvalue weighted by molar-refractivity contribution is 5.64. The number of alkyl halides is 1. The average Bonchev–Trinajstić information content (AvgIpc) is 3.47. The first kappa shape index (κ1) is 23.2. The molecule has 3 aliphatic rings. The third kappa shape index (κ3) is 4.87. The maximum absolute atomic E-state index is 14.4. The maximum atomic E-state index is 14.4. The number of piperazine rings is 1. The van der Waals surface area contributed by atoms with Crippen LogP contribution in [0.5, 0.6) is 0 Å². The van der Waals surface area contributed by atoms with Crippen LogP contribution in [0, 0.1) is 12.7 Å². The van der Waals surface area contributed by atoms with Crippen molar-refractivity contribution in [3.63, 3.8) is 0 Å². The summed E-state index contributed by atoms with van der Waals surface area (Å²) >= 11 is 0. The first-order chi connectivity index (χ1) is 17.5. The molecule has 3 aliphatic heterocycles. The topological polar surface area (TPSA) is 61.7 Å². The number of hydrogen-bond donors (Lipinski definition) is 1. The first-order valence-corrected chi connectivity index (χ1v) is 12.6. The van der Waals surface area contributed by atoms with Gasteiger partial charge in [-0.1, -0.05) is 0 Å². The number of nitrogens with one attached hydrogen (secondary N) is 1. The lowest BCUT2D eigenvalue weighted by Crippen LogP contribution is -2.56. The minimum Gasteiger partial charge on any atom is -0.378 e. The fraction of sp³-hybridized carbons (Fsp3) is 0.462. The quantitative estimate of drug-likeness (QED) is 0.562. The summed E-state index contributed by atoms with van der Waals surface area (Å²) in [5.74, 6) is 0.0419. The van der Waals surface area contributed by atoms with E-state index in [1.54, 1.807) is 6.33 Å². The second-order valence-corrected chi connectivity index (χ2v) is 9.91. The van der Waals surface area contributed by atoms with E-state index in [1.807, 2.05) is 11.0 Å². The van der Waals surface area contributed by atoms with E-state index in [-0.39, 0.29) is 12.4 Å². The van der Waals surface area contributed by atoms with Crippen molar-refractivity contribution < 1.29 is 13.5 Å². The third-order valence-electron chi connectivity index (χ3n) is 7.25. The molecule has 6 rings (SSSR count). The molecule has 36 heavy (non-hydrogen) atoms. The van der Waals surface area contributed by atoms with E-state index in [9.17, 15) is 8.78 Å². The molecule has 4 heterocycles. The Morgan fingerprint density at radius 2 is 1.69 bits per heavy atom. The van der Waals surface area contributed by atoms with Crippen LogP contribution in [0.15, 0.2) is 42.7 Å². The van der Waals surface area contributed by atoms with Gasteiger partial charge in [-0.3, -0.25) is 4.90 Å². The van der Waals surface area contributed by atoms with Crippen LogP contribution in [0.3, 0.4) is 0 Å². The Labute approximate surface area is 209 Å². The highest BCUT2D eigenvalue weighted by Gasteiger charge is 2.29. The number of rotatable bonds is 6. The van der Waals surface area contributed by atoms with Crippen LogP contribution in [0.1, 0.15) is 12.0 Å². The summed E-state index contributed by atoms with van der Waals surface area (Å²) in [4.78, 5) is 11.2. The van der Waals surface area contributed by atoms with Crippen molar-refractivity contribution in [3.05, 3.63) is 54.1 Å². The third-order valence-corrected chi connectivity index (χ3v) is 7.25. The first-order valence-electron chi connectivity index (χ1n) is 12.6. The van der Waals surface area contributed by atoms with Crippen molar-refractivity contribution in [1.82, 2.24) is 19.7 Å². The Morgan fingerprint density at radius 3 is 2.42 bits per heavy atom. The van der Waals surface area contributed by atoms with E-state index in [1.165, 1.54) is 22.5 Å². The molecule has 8 nitrogen and oxygen atoms in total. The van der Waals surface area contributed by atoms with Crippen LogP contribution in [-0.4, -0.2) is 84.4 Å². The Hall–Kier alpha value is -3.24.